The van der Waals surface area contributed by atoms with Gasteiger partial charge in [0.05, 0.1) is 0 Å². The Kier molecular flexibility index (Phi) is 3.05. The normalized spacial score (nSPS) is 10.4. The Bertz CT molecular complexity index is 671. The monoisotopic (exact) mass is 262 g/mol. The Labute approximate surface area is 117 Å². The van der Waals surface area contributed by atoms with E-state index >= 15 is 0 Å². The molecule has 4 nitrogen and oxygen atoms in total. The van der Waals surface area contributed by atoms with Gasteiger partial charge in [0.15, 0.2) is 5.82 Å². The van der Waals surface area contributed by atoms with Crippen molar-refractivity contribution in [2.24, 2.45) is 0 Å². The zero-order valence-corrected chi connectivity index (χ0v) is 10.8. The standard InChI is InChI=1S/C16H14N4/c17-14-5-1-3-11(7-14)13-9-19-16(20-10-13)12-4-2-6-15(18)8-12/h1-10H,17-18H2. The van der Waals surface area contributed by atoms with Gasteiger partial charge in [0.1, 0.15) is 0 Å². The highest BCUT2D eigenvalue weighted by Gasteiger charge is 2.03. The van der Waals surface area contributed by atoms with Crippen LogP contribution in [0.2, 0.25) is 0 Å². The maximum atomic E-state index is 5.78. The fraction of sp³-hybridized carbons (Fsp3) is 0. The Hall–Kier alpha value is -2.88. The van der Waals surface area contributed by atoms with Crippen molar-refractivity contribution >= 4 is 11.4 Å². The Morgan fingerprint density at radius 1 is 0.650 bits per heavy atom. The molecule has 3 aromatic rings. The van der Waals surface area contributed by atoms with Crippen LogP contribution in [0.3, 0.4) is 0 Å². The number of benzene rings is 2. The minimum atomic E-state index is 0.657. The van der Waals surface area contributed by atoms with E-state index in [0.29, 0.717) is 11.5 Å². The average molecular weight is 262 g/mol. The third-order valence-corrected chi connectivity index (χ3v) is 3.02. The van der Waals surface area contributed by atoms with E-state index in [1.54, 1.807) is 12.4 Å². The van der Waals surface area contributed by atoms with E-state index in [4.69, 9.17) is 11.5 Å². The second kappa shape index (κ2) is 5.01. The molecule has 20 heavy (non-hydrogen) atoms. The van der Waals surface area contributed by atoms with Crippen LogP contribution in [0, 0.1) is 0 Å². The summed E-state index contributed by atoms with van der Waals surface area (Å²) < 4.78 is 0. The molecule has 0 atom stereocenters. The number of aromatic nitrogens is 2. The maximum Gasteiger partial charge on any atom is 0.159 e. The third-order valence-electron chi connectivity index (χ3n) is 3.02. The summed E-state index contributed by atoms with van der Waals surface area (Å²) in [6, 6.07) is 15.2. The number of nitrogens with two attached hydrogens (primary N) is 2. The summed E-state index contributed by atoms with van der Waals surface area (Å²) in [5.41, 5.74) is 15.8. The number of rotatable bonds is 2. The van der Waals surface area contributed by atoms with E-state index in [9.17, 15) is 0 Å². The quantitative estimate of drug-likeness (QED) is 0.696. The molecule has 0 saturated heterocycles. The van der Waals surface area contributed by atoms with Gasteiger partial charge in [-0.25, -0.2) is 9.97 Å². The summed E-state index contributed by atoms with van der Waals surface area (Å²) in [4.78, 5) is 8.78. The van der Waals surface area contributed by atoms with Crippen molar-refractivity contribution < 1.29 is 0 Å². The highest BCUT2D eigenvalue weighted by Crippen LogP contribution is 2.22. The number of hydrogen-bond acceptors (Lipinski definition) is 4. The first-order chi connectivity index (χ1) is 9.72. The molecule has 0 radical (unpaired) electrons. The van der Waals surface area contributed by atoms with Crippen LogP contribution < -0.4 is 11.5 Å². The highest BCUT2D eigenvalue weighted by molar-refractivity contribution is 5.67. The molecule has 2 aromatic carbocycles. The Morgan fingerprint density at radius 3 is 1.80 bits per heavy atom. The molecule has 1 aromatic heterocycles. The van der Waals surface area contributed by atoms with Gasteiger partial charge in [-0.1, -0.05) is 24.3 Å². The molecular weight excluding hydrogens is 248 g/mol. The predicted octanol–water partition coefficient (Wildman–Crippen LogP) is 2.98. The minimum Gasteiger partial charge on any atom is -0.399 e. The Morgan fingerprint density at radius 2 is 1.20 bits per heavy atom. The Balaban J connectivity index is 1.96. The lowest BCUT2D eigenvalue weighted by Crippen LogP contribution is -1.92. The molecule has 4 N–H and O–H groups in total. The zero-order valence-electron chi connectivity index (χ0n) is 10.8. The van der Waals surface area contributed by atoms with Gasteiger partial charge in [-0.2, -0.15) is 0 Å². The average Bonchev–Trinajstić information content (AvgIpc) is 2.47. The first kappa shape index (κ1) is 12.2. The van der Waals surface area contributed by atoms with Crippen molar-refractivity contribution in [2.45, 2.75) is 0 Å². The number of hydrogen-bond donors (Lipinski definition) is 2. The lowest BCUT2D eigenvalue weighted by Gasteiger charge is -2.04. The molecule has 0 aliphatic carbocycles. The van der Waals surface area contributed by atoms with Crippen molar-refractivity contribution in [2.75, 3.05) is 11.5 Å². The van der Waals surface area contributed by atoms with Crippen molar-refractivity contribution in [3.8, 4) is 22.5 Å². The van der Waals surface area contributed by atoms with Crippen LogP contribution in [0.15, 0.2) is 60.9 Å². The molecule has 98 valence electrons. The second-order valence-corrected chi connectivity index (χ2v) is 4.55. The van der Waals surface area contributed by atoms with E-state index in [1.165, 1.54) is 0 Å². The van der Waals surface area contributed by atoms with Crippen LogP contribution in [0.25, 0.3) is 22.5 Å². The largest absolute Gasteiger partial charge is 0.399 e. The highest BCUT2D eigenvalue weighted by atomic mass is 14.9. The van der Waals surface area contributed by atoms with Crippen molar-refractivity contribution in [1.29, 1.82) is 0 Å². The van der Waals surface area contributed by atoms with E-state index in [0.717, 1.165) is 22.4 Å². The molecule has 0 aliphatic rings. The fourth-order valence-electron chi connectivity index (χ4n) is 2.02. The molecule has 0 amide bonds. The molecule has 1 heterocycles. The van der Waals surface area contributed by atoms with E-state index in [-0.39, 0.29) is 0 Å². The zero-order chi connectivity index (χ0) is 13.9. The molecule has 4 heteroatoms. The van der Waals surface area contributed by atoms with Crippen LogP contribution in [-0.2, 0) is 0 Å². The lowest BCUT2D eigenvalue weighted by molar-refractivity contribution is 1.18. The predicted molar refractivity (Wildman–Crippen MR) is 81.7 cm³/mol. The molecule has 0 bridgehead atoms. The molecular formula is C16H14N4. The van der Waals surface area contributed by atoms with Gasteiger partial charge in [-0.05, 0) is 29.8 Å². The van der Waals surface area contributed by atoms with Gasteiger partial charge in [-0.15, -0.1) is 0 Å². The number of anilines is 2. The lowest BCUT2D eigenvalue weighted by atomic mass is 10.1. The van der Waals surface area contributed by atoms with Gasteiger partial charge in [0.25, 0.3) is 0 Å². The molecule has 3 rings (SSSR count). The molecule has 0 spiro atoms. The van der Waals surface area contributed by atoms with Gasteiger partial charge < -0.3 is 11.5 Å². The fourth-order valence-corrected chi connectivity index (χ4v) is 2.02. The minimum absolute atomic E-state index is 0.657. The van der Waals surface area contributed by atoms with Gasteiger partial charge in [-0.3, -0.25) is 0 Å². The summed E-state index contributed by atoms with van der Waals surface area (Å²) in [6.07, 6.45) is 3.58. The summed E-state index contributed by atoms with van der Waals surface area (Å²) >= 11 is 0. The SMILES string of the molecule is Nc1cccc(-c2cnc(-c3cccc(N)c3)nc2)c1. The van der Waals surface area contributed by atoms with E-state index < -0.39 is 0 Å². The van der Waals surface area contributed by atoms with Crippen LogP contribution in [0.1, 0.15) is 0 Å². The van der Waals surface area contributed by atoms with Gasteiger partial charge in [0.2, 0.25) is 0 Å². The van der Waals surface area contributed by atoms with Crippen molar-refractivity contribution in [3.63, 3.8) is 0 Å². The number of nitrogen functional groups attached to an aromatic ring is 2. The summed E-state index contributed by atoms with van der Waals surface area (Å²) in [5, 5.41) is 0. The van der Waals surface area contributed by atoms with Gasteiger partial charge in [0, 0.05) is 34.9 Å². The van der Waals surface area contributed by atoms with E-state index in [1.807, 2.05) is 48.5 Å². The van der Waals surface area contributed by atoms with Gasteiger partial charge >= 0.3 is 0 Å². The second-order valence-electron chi connectivity index (χ2n) is 4.55. The van der Waals surface area contributed by atoms with Crippen molar-refractivity contribution in [1.82, 2.24) is 9.97 Å². The van der Waals surface area contributed by atoms with Crippen LogP contribution in [0.5, 0.6) is 0 Å². The van der Waals surface area contributed by atoms with E-state index in [2.05, 4.69) is 9.97 Å². The van der Waals surface area contributed by atoms with Crippen LogP contribution in [0.4, 0.5) is 11.4 Å². The first-order valence-electron chi connectivity index (χ1n) is 6.26. The van der Waals surface area contributed by atoms with Crippen molar-refractivity contribution in [3.05, 3.63) is 60.9 Å². The molecule has 0 fully saturated rings. The topological polar surface area (TPSA) is 77.8 Å². The molecule has 0 unspecified atom stereocenters. The third kappa shape index (κ3) is 2.44. The molecule has 0 saturated carbocycles. The maximum absolute atomic E-state index is 5.78. The van der Waals surface area contributed by atoms with Crippen LogP contribution >= 0.6 is 0 Å². The smallest absolute Gasteiger partial charge is 0.159 e. The summed E-state index contributed by atoms with van der Waals surface area (Å²) in [5.74, 6) is 0.657. The van der Waals surface area contributed by atoms with Crippen LogP contribution in [-0.4, -0.2) is 9.97 Å². The summed E-state index contributed by atoms with van der Waals surface area (Å²) in [6.45, 7) is 0. The number of nitrogens with zero attached hydrogens (tertiary/aromatic N) is 2. The molecule has 0 aliphatic heterocycles. The first-order valence-corrected chi connectivity index (χ1v) is 6.26. The summed E-state index contributed by atoms with van der Waals surface area (Å²) in [7, 11) is 0.